The molecule has 1 aliphatic carbocycles. The Morgan fingerprint density at radius 3 is 2.63 bits per heavy atom. The van der Waals surface area contributed by atoms with Gasteiger partial charge >= 0.3 is 0 Å². The molecule has 2 nitrogen and oxygen atoms in total. The van der Waals surface area contributed by atoms with Gasteiger partial charge in [-0.2, -0.15) is 0 Å². The van der Waals surface area contributed by atoms with Crippen molar-refractivity contribution in [2.45, 2.75) is 58.5 Å². The number of nitrogens with zero attached hydrogens (tertiary/aromatic N) is 1. The molecule has 0 amide bonds. The van der Waals surface area contributed by atoms with Gasteiger partial charge in [-0.25, -0.2) is 0 Å². The van der Waals surface area contributed by atoms with Crippen LogP contribution in [0.5, 0.6) is 0 Å². The van der Waals surface area contributed by atoms with Crippen molar-refractivity contribution in [3.63, 3.8) is 0 Å². The molecule has 0 atom stereocenters. The molecule has 0 unspecified atom stereocenters. The Labute approximate surface area is 118 Å². The van der Waals surface area contributed by atoms with Crippen molar-refractivity contribution in [1.29, 1.82) is 0 Å². The highest BCUT2D eigenvalue weighted by Crippen LogP contribution is 2.29. The van der Waals surface area contributed by atoms with Gasteiger partial charge in [0.15, 0.2) is 0 Å². The smallest absolute Gasteiger partial charge is 0.0411 e. The van der Waals surface area contributed by atoms with Crippen LogP contribution >= 0.6 is 0 Å². The van der Waals surface area contributed by atoms with Crippen molar-refractivity contribution in [2.75, 3.05) is 18.5 Å². The van der Waals surface area contributed by atoms with E-state index >= 15 is 0 Å². The maximum Gasteiger partial charge on any atom is 0.0411 e. The average molecular weight is 260 g/mol. The number of hydrogen-bond acceptors (Lipinski definition) is 2. The molecule has 0 spiro atoms. The predicted octanol–water partition coefficient (Wildman–Crippen LogP) is 3.87. The molecule has 1 saturated carbocycles. The molecule has 0 heterocycles. The molecular weight excluding hydrogens is 232 g/mol. The first-order chi connectivity index (χ1) is 9.22. The van der Waals surface area contributed by atoms with Crippen molar-refractivity contribution in [3.05, 3.63) is 29.3 Å². The van der Waals surface area contributed by atoms with E-state index in [4.69, 9.17) is 0 Å². The van der Waals surface area contributed by atoms with Crippen molar-refractivity contribution in [2.24, 2.45) is 0 Å². The summed E-state index contributed by atoms with van der Waals surface area (Å²) in [7, 11) is 2.27. The third kappa shape index (κ3) is 3.73. The lowest BCUT2D eigenvalue weighted by molar-refractivity contribution is 0.427. The van der Waals surface area contributed by atoms with Crippen LogP contribution in [-0.4, -0.2) is 19.6 Å². The van der Waals surface area contributed by atoms with Crippen LogP contribution in [0, 0.1) is 6.92 Å². The van der Waals surface area contributed by atoms with Crippen molar-refractivity contribution >= 4 is 5.69 Å². The summed E-state index contributed by atoms with van der Waals surface area (Å²) in [4.78, 5) is 2.52. The van der Waals surface area contributed by atoms with Crippen molar-refractivity contribution in [1.82, 2.24) is 5.32 Å². The maximum atomic E-state index is 3.46. The standard InChI is InChI=1S/C17H28N2/c1-4-18-13-15-12-14(2)10-11-17(15)19(3)16-8-6-5-7-9-16/h10-12,16,18H,4-9,13H2,1-3H3. The molecule has 0 aliphatic heterocycles. The maximum absolute atomic E-state index is 3.46. The number of benzene rings is 1. The molecule has 0 aromatic heterocycles. The lowest BCUT2D eigenvalue weighted by Crippen LogP contribution is -2.34. The van der Waals surface area contributed by atoms with Gasteiger partial charge in [0, 0.05) is 25.3 Å². The molecule has 1 fully saturated rings. The SMILES string of the molecule is CCNCc1cc(C)ccc1N(C)C1CCCCC1. The Kier molecular flexibility index (Phi) is 5.26. The third-order valence-electron chi connectivity index (χ3n) is 4.30. The van der Waals surface area contributed by atoms with E-state index < -0.39 is 0 Å². The van der Waals surface area contributed by atoms with Gasteiger partial charge in [0.2, 0.25) is 0 Å². The second kappa shape index (κ2) is 6.95. The van der Waals surface area contributed by atoms with Gasteiger partial charge in [0.05, 0.1) is 0 Å². The van der Waals surface area contributed by atoms with E-state index in [-0.39, 0.29) is 0 Å². The zero-order valence-electron chi connectivity index (χ0n) is 12.7. The average Bonchev–Trinajstić information content (AvgIpc) is 2.45. The summed E-state index contributed by atoms with van der Waals surface area (Å²) < 4.78 is 0. The molecule has 1 aliphatic rings. The molecule has 1 aromatic rings. The van der Waals surface area contributed by atoms with Crippen LogP contribution in [0.15, 0.2) is 18.2 Å². The summed E-state index contributed by atoms with van der Waals surface area (Å²) in [6.07, 6.45) is 6.91. The summed E-state index contributed by atoms with van der Waals surface area (Å²) in [5, 5.41) is 3.46. The van der Waals surface area contributed by atoms with Gasteiger partial charge in [0.1, 0.15) is 0 Å². The van der Waals surface area contributed by atoms with E-state index in [1.807, 2.05) is 0 Å². The minimum atomic E-state index is 0.733. The Morgan fingerprint density at radius 1 is 1.21 bits per heavy atom. The highest BCUT2D eigenvalue weighted by Gasteiger charge is 2.19. The fraction of sp³-hybridized carbons (Fsp3) is 0.647. The fourth-order valence-electron chi connectivity index (χ4n) is 3.12. The summed E-state index contributed by atoms with van der Waals surface area (Å²) >= 11 is 0. The monoisotopic (exact) mass is 260 g/mol. The normalized spacial score (nSPS) is 16.6. The first-order valence-electron chi connectivity index (χ1n) is 7.75. The third-order valence-corrected chi connectivity index (χ3v) is 4.30. The Bertz CT molecular complexity index is 394. The molecule has 19 heavy (non-hydrogen) atoms. The molecule has 106 valence electrons. The van der Waals surface area contributed by atoms with Gasteiger partial charge in [-0.3, -0.25) is 0 Å². The highest BCUT2D eigenvalue weighted by molar-refractivity contribution is 5.55. The van der Waals surface area contributed by atoms with Crippen LogP contribution < -0.4 is 10.2 Å². The summed E-state index contributed by atoms with van der Waals surface area (Å²) in [6, 6.07) is 7.61. The fourth-order valence-corrected chi connectivity index (χ4v) is 3.12. The van der Waals surface area contributed by atoms with Crippen LogP contribution in [0.2, 0.25) is 0 Å². The Morgan fingerprint density at radius 2 is 1.95 bits per heavy atom. The minimum absolute atomic E-state index is 0.733. The Hall–Kier alpha value is -1.02. The van der Waals surface area contributed by atoms with Crippen LogP contribution in [0.4, 0.5) is 5.69 Å². The van der Waals surface area contributed by atoms with Gasteiger partial charge in [-0.05, 0) is 37.9 Å². The molecule has 0 saturated heterocycles. The molecule has 2 heteroatoms. The molecule has 0 radical (unpaired) electrons. The summed E-state index contributed by atoms with van der Waals surface area (Å²) in [5.74, 6) is 0. The zero-order chi connectivity index (χ0) is 13.7. The predicted molar refractivity (Wildman–Crippen MR) is 83.8 cm³/mol. The topological polar surface area (TPSA) is 15.3 Å². The van der Waals surface area contributed by atoms with E-state index in [0.717, 1.165) is 19.1 Å². The molecule has 2 rings (SSSR count). The number of hydrogen-bond donors (Lipinski definition) is 1. The van der Waals surface area contributed by atoms with Crippen molar-refractivity contribution < 1.29 is 0 Å². The van der Waals surface area contributed by atoms with E-state index in [1.165, 1.54) is 48.9 Å². The first-order valence-corrected chi connectivity index (χ1v) is 7.75. The van der Waals surface area contributed by atoms with E-state index in [1.54, 1.807) is 0 Å². The quantitative estimate of drug-likeness (QED) is 0.864. The van der Waals surface area contributed by atoms with Gasteiger partial charge < -0.3 is 10.2 Å². The van der Waals surface area contributed by atoms with Gasteiger partial charge in [-0.1, -0.05) is 43.9 Å². The highest BCUT2D eigenvalue weighted by atomic mass is 15.1. The molecule has 0 bridgehead atoms. The number of aryl methyl sites for hydroxylation is 1. The lowest BCUT2D eigenvalue weighted by Gasteiger charge is -2.34. The van der Waals surface area contributed by atoms with E-state index in [0.29, 0.717) is 0 Å². The van der Waals surface area contributed by atoms with Crippen LogP contribution in [0.3, 0.4) is 0 Å². The van der Waals surface area contributed by atoms with Gasteiger partial charge in [-0.15, -0.1) is 0 Å². The van der Waals surface area contributed by atoms with Gasteiger partial charge in [0.25, 0.3) is 0 Å². The molecule has 1 N–H and O–H groups in total. The lowest BCUT2D eigenvalue weighted by atomic mass is 9.93. The molecular formula is C17H28N2. The van der Waals surface area contributed by atoms with E-state index in [9.17, 15) is 0 Å². The van der Waals surface area contributed by atoms with Crippen LogP contribution in [0.1, 0.15) is 50.2 Å². The summed E-state index contributed by atoms with van der Waals surface area (Å²) in [5.41, 5.74) is 4.21. The second-order valence-electron chi connectivity index (χ2n) is 5.82. The Balaban J connectivity index is 2.16. The summed E-state index contributed by atoms with van der Waals surface area (Å²) in [6.45, 7) is 6.35. The number of rotatable bonds is 5. The first kappa shape index (κ1) is 14.4. The second-order valence-corrected chi connectivity index (χ2v) is 5.82. The van der Waals surface area contributed by atoms with Crippen LogP contribution in [0.25, 0.3) is 0 Å². The number of anilines is 1. The van der Waals surface area contributed by atoms with Crippen molar-refractivity contribution in [3.8, 4) is 0 Å². The largest absolute Gasteiger partial charge is 0.371 e. The van der Waals surface area contributed by atoms with Crippen LogP contribution in [-0.2, 0) is 6.54 Å². The molecule has 1 aromatic carbocycles. The minimum Gasteiger partial charge on any atom is -0.371 e. The zero-order valence-corrected chi connectivity index (χ0v) is 12.7. The number of nitrogens with one attached hydrogen (secondary N) is 1. The van der Waals surface area contributed by atoms with E-state index in [2.05, 4.69) is 49.3 Å².